The molecule has 0 aliphatic carbocycles. The van der Waals surface area contributed by atoms with E-state index in [-0.39, 0.29) is 0 Å². The molecule has 0 amide bonds. The van der Waals surface area contributed by atoms with Crippen LogP contribution < -0.4 is 10.2 Å². The molecule has 0 bridgehead atoms. The normalized spacial score (nSPS) is 18.9. The second-order valence-corrected chi connectivity index (χ2v) is 5.48. The second kappa shape index (κ2) is 5.95. The molecule has 1 fully saturated rings. The fourth-order valence-electron chi connectivity index (χ4n) is 2.79. The third kappa shape index (κ3) is 3.10. The number of para-hydroxylation sites is 1. The fourth-order valence-corrected chi connectivity index (χ4v) is 2.79. The Bertz CT molecular complexity index is 553. The lowest BCUT2D eigenvalue weighted by Crippen LogP contribution is -2.42. The molecule has 0 saturated carbocycles. The Labute approximate surface area is 120 Å². The Morgan fingerprint density at radius 1 is 1.20 bits per heavy atom. The number of benzene rings is 1. The topological polar surface area (TPSA) is 28.2 Å². The molecule has 1 atom stereocenters. The molecular weight excluding hydrogens is 246 g/mol. The van der Waals surface area contributed by atoms with Crippen LogP contribution in [-0.2, 0) is 0 Å². The number of aromatic nitrogens is 1. The van der Waals surface area contributed by atoms with Crippen molar-refractivity contribution in [3.8, 4) is 0 Å². The molecular formula is C17H21N3. The zero-order valence-electron chi connectivity index (χ0n) is 11.9. The summed E-state index contributed by atoms with van der Waals surface area (Å²) in [6.45, 7) is 4.28. The third-order valence-corrected chi connectivity index (χ3v) is 3.81. The van der Waals surface area contributed by atoms with Gasteiger partial charge in [0, 0.05) is 31.0 Å². The van der Waals surface area contributed by atoms with E-state index in [1.165, 1.54) is 24.1 Å². The summed E-state index contributed by atoms with van der Waals surface area (Å²) in [4.78, 5) is 6.86. The third-order valence-electron chi connectivity index (χ3n) is 3.81. The van der Waals surface area contributed by atoms with Gasteiger partial charge in [0.15, 0.2) is 0 Å². The molecule has 1 aliphatic rings. The Morgan fingerprint density at radius 3 is 2.85 bits per heavy atom. The summed E-state index contributed by atoms with van der Waals surface area (Å²) in [5.41, 5.74) is 2.56. The molecule has 3 rings (SSSR count). The number of rotatable bonds is 3. The van der Waals surface area contributed by atoms with Crippen LogP contribution in [-0.4, -0.2) is 24.1 Å². The molecule has 1 saturated heterocycles. The van der Waals surface area contributed by atoms with Crippen molar-refractivity contribution in [1.29, 1.82) is 0 Å². The van der Waals surface area contributed by atoms with Crippen molar-refractivity contribution in [3.63, 3.8) is 0 Å². The molecule has 1 aromatic heterocycles. The van der Waals surface area contributed by atoms with Gasteiger partial charge >= 0.3 is 0 Å². The van der Waals surface area contributed by atoms with Gasteiger partial charge in [-0.2, -0.15) is 0 Å². The van der Waals surface area contributed by atoms with Crippen molar-refractivity contribution < 1.29 is 0 Å². The first-order chi connectivity index (χ1) is 9.81. The number of anilines is 2. The van der Waals surface area contributed by atoms with Crippen LogP contribution in [0.25, 0.3) is 0 Å². The first kappa shape index (κ1) is 13.0. The molecule has 1 aromatic carbocycles. The van der Waals surface area contributed by atoms with Crippen LogP contribution in [0.2, 0.25) is 0 Å². The van der Waals surface area contributed by atoms with Crippen molar-refractivity contribution in [1.82, 2.24) is 4.98 Å². The molecule has 1 aliphatic heterocycles. The van der Waals surface area contributed by atoms with Crippen molar-refractivity contribution in [2.75, 3.05) is 23.3 Å². The van der Waals surface area contributed by atoms with E-state index in [9.17, 15) is 0 Å². The molecule has 0 radical (unpaired) electrons. The summed E-state index contributed by atoms with van der Waals surface area (Å²) >= 11 is 0. The van der Waals surface area contributed by atoms with Crippen molar-refractivity contribution >= 4 is 11.5 Å². The van der Waals surface area contributed by atoms with Gasteiger partial charge in [0.05, 0.1) is 0 Å². The Balaban J connectivity index is 1.66. The molecule has 2 heterocycles. The number of aryl methyl sites for hydroxylation is 1. The first-order valence-corrected chi connectivity index (χ1v) is 7.30. The lowest BCUT2D eigenvalue weighted by molar-refractivity contribution is 0.529. The maximum atomic E-state index is 4.40. The number of hydrogen-bond donors (Lipinski definition) is 1. The number of hydrogen-bond acceptors (Lipinski definition) is 3. The zero-order valence-corrected chi connectivity index (χ0v) is 11.9. The number of pyridine rings is 1. The number of nitrogens with zero attached hydrogens (tertiary/aromatic N) is 2. The van der Waals surface area contributed by atoms with Gasteiger partial charge in [-0.1, -0.05) is 18.2 Å². The van der Waals surface area contributed by atoms with Crippen LogP contribution in [0.1, 0.15) is 18.4 Å². The van der Waals surface area contributed by atoms with Crippen LogP contribution in [0.3, 0.4) is 0 Å². The van der Waals surface area contributed by atoms with E-state index in [0.29, 0.717) is 6.04 Å². The highest BCUT2D eigenvalue weighted by Gasteiger charge is 2.20. The average Bonchev–Trinajstić information content (AvgIpc) is 2.48. The predicted octanol–water partition coefficient (Wildman–Crippen LogP) is 3.47. The Morgan fingerprint density at radius 2 is 2.05 bits per heavy atom. The maximum absolute atomic E-state index is 4.40. The predicted molar refractivity (Wildman–Crippen MR) is 84.3 cm³/mol. The molecule has 1 unspecified atom stereocenters. The van der Waals surface area contributed by atoms with Gasteiger partial charge in [-0.25, -0.2) is 4.98 Å². The summed E-state index contributed by atoms with van der Waals surface area (Å²) in [5, 5.41) is 3.57. The quantitative estimate of drug-likeness (QED) is 0.923. The summed E-state index contributed by atoms with van der Waals surface area (Å²) in [7, 11) is 0. The van der Waals surface area contributed by atoms with Gasteiger partial charge in [-0.05, 0) is 49.6 Å². The SMILES string of the molecule is Cc1ccnc(NC2CCCN(c3ccccc3)C2)c1. The molecule has 3 nitrogen and oxygen atoms in total. The maximum Gasteiger partial charge on any atom is 0.126 e. The number of nitrogens with one attached hydrogen (secondary N) is 1. The summed E-state index contributed by atoms with van der Waals surface area (Å²) in [6, 6.07) is 15.3. The van der Waals surface area contributed by atoms with Crippen LogP contribution >= 0.6 is 0 Å². The Hall–Kier alpha value is -2.03. The highest BCUT2D eigenvalue weighted by atomic mass is 15.2. The highest BCUT2D eigenvalue weighted by molar-refractivity contribution is 5.47. The fraction of sp³-hybridized carbons (Fsp3) is 0.353. The van der Waals surface area contributed by atoms with Crippen LogP contribution in [0, 0.1) is 6.92 Å². The van der Waals surface area contributed by atoms with Gasteiger partial charge in [0.1, 0.15) is 5.82 Å². The van der Waals surface area contributed by atoms with Gasteiger partial charge in [-0.3, -0.25) is 0 Å². The van der Waals surface area contributed by atoms with Gasteiger partial charge < -0.3 is 10.2 Å². The smallest absolute Gasteiger partial charge is 0.126 e. The summed E-state index contributed by atoms with van der Waals surface area (Å²) < 4.78 is 0. The minimum Gasteiger partial charge on any atom is -0.369 e. The van der Waals surface area contributed by atoms with Gasteiger partial charge in [0.2, 0.25) is 0 Å². The van der Waals surface area contributed by atoms with E-state index < -0.39 is 0 Å². The van der Waals surface area contributed by atoms with Crippen LogP contribution in [0.4, 0.5) is 11.5 Å². The van der Waals surface area contributed by atoms with E-state index in [1.54, 1.807) is 0 Å². The van der Waals surface area contributed by atoms with E-state index in [4.69, 9.17) is 0 Å². The van der Waals surface area contributed by atoms with E-state index in [2.05, 4.69) is 58.5 Å². The summed E-state index contributed by atoms with van der Waals surface area (Å²) in [6.07, 6.45) is 4.30. The number of piperidine rings is 1. The summed E-state index contributed by atoms with van der Waals surface area (Å²) in [5.74, 6) is 0.991. The Kier molecular flexibility index (Phi) is 3.86. The lowest BCUT2D eigenvalue weighted by Gasteiger charge is -2.35. The molecule has 0 spiro atoms. The van der Waals surface area contributed by atoms with Crippen molar-refractivity contribution in [3.05, 3.63) is 54.2 Å². The molecule has 3 heteroatoms. The standard InChI is InChI=1S/C17H21N3/c1-14-9-10-18-17(12-14)19-15-6-5-11-20(13-15)16-7-3-2-4-8-16/h2-4,7-10,12,15H,5-6,11,13H2,1H3,(H,18,19). The first-order valence-electron chi connectivity index (χ1n) is 7.30. The molecule has 20 heavy (non-hydrogen) atoms. The largest absolute Gasteiger partial charge is 0.369 e. The monoisotopic (exact) mass is 267 g/mol. The second-order valence-electron chi connectivity index (χ2n) is 5.48. The average molecular weight is 267 g/mol. The van der Waals surface area contributed by atoms with Crippen LogP contribution in [0.5, 0.6) is 0 Å². The molecule has 2 aromatic rings. The van der Waals surface area contributed by atoms with Crippen molar-refractivity contribution in [2.24, 2.45) is 0 Å². The minimum absolute atomic E-state index is 0.471. The van der Waals surface area contributed by atoms with E-state index in [1.807, 2.05) is 12.3 Å². The minimum atomic E-state index is 0.471. The highest BCUT2D eigenvalue weighted by Crippen LogP contribution is 2.21. The van der Waals surface area contributed by atoms with Gasteiger partial charge in [-0.15, -0.1) is 0 Å². The lowest BCUT2D eigenvalue weighted by atomic mass is 10.0. The van der Waals surface area contributed by atoms with E-state index >= 15 is 0 Å². The zero-order chi connectivity index (χ0) is 13.8. The van der Waals surface area contributed by atoms with Crippen molar-refractivity contribution in [2.45, 2.75) is 25.8 Å². The molecule has 1 N–H and O–H groups in total. The van der Waals surface area contributed by atoms with Crippen LogP contribution in [0.15, 0.2) is 48.7 Å². The molecule has 104 valence electrons. The van der Waals surface area contributed by atoms with E-state index in [0.717, 1.165) is 18.9 Å². The van der Waals surface area contributed by atoms with Gasteiger partial charge in [0.25, 0.3) is 0 Å².